The minimum absolute atomic E-state index is 0.133. The van der Waals surface area contributed by atoms with E-state index in [1.807, 2.05) is 6.07 Å². The molecule has 0 unspecified atom stereocenters. The minimum atomic E-state index is -0.157. The standard InChI is InChI=1S/C19H19N3O4S3/c1-25-13-6-5-12(10-14(13)26-2)11-15-17(24)22(19(27)29-15)8-3-4-16(23)21-18-20-7-9-28-18/h5-7,9-11H,3-4,8H2,1-2H3,(H,20,21,23)/b15-11+. The molecule has 7 nitrogen and oxygen atoms in total. The van der Waals surface area contributed by atoms with E-state index in [2.05, 4.69) is 10.3 Å². The quantitative estimate of drug-likeness (QED) is 0.485. The van der Waals surface area contributed by atoms with E-state index < -0.39 is 0 Å². The van der Waals surface area contributed by atoms with Gasteiger partial charge in [0.25, 0.3) is 5.91 Å². The second-order valence-electron chi connectivity index (χ2n) is 5.94. The Morgan fingerprint density at radius 2 is 2.10 bits per heavy atom. The Bertz CT molecular complexity index is 944. The smallest absolute Gasteiger partial charge is 0.266 e. The fraction of sp³-hybridized carbons (Fsp3) is 0.263. The van der Waals surface area contributed by atoms with E-state index in [4.69, 9.17) is 21.7 Å². The summed E-state index contributed by atoms with van der Waals surface area (Å²) in [6, 6.07) is 5.43. The largest absolute Gasteiger partial charge is 0.493 e. The van der Waals surface area contributed by atoms with Crippen LogP contribution in [0.4, 0.5) is 5.13 Å². The number of methoxy groups -OCH3 is 2. The lowest BCUT2D eigenvalue weighted by Gasteiger charge is -2.13. The molecule has 1 N–H and O–H groups in total. The number of hydrogen-bond acceptors (Lipinski definition) is 8. The lowest BCUT2D eigenvalue weighted by molar-refractivity contribution is -0.122. The molecule has 10 heteroatoms. The number of amides is 2. The first-order chi connectivity index (χ1) is 14.0. The molecule has 0 aliphatic carbocycles. The Morgan fingerprint density at radius 3 is 2.79 bits per heavy atom. The van der Waals surface area contributed by atoms with E-state index in [-0.39, 0.29) is 18.2 Å². The summed E-state index contributed by atoms with van der Waals surface area (Å²) in [4.78, 5) is 30.7. The highest BCUT2D eigenvalue weighted by Crippen LogP contribution is 2.34. The van der Waals surface area contributed by atoms with Crippen LogP contribution in [0.3, 0.4) is 0 Å². The number of benzene rings is 1. The molecule has 2 heterocycles. The Kier molecular flexibility index (Phi) is 7.24. The average molecular weight is 450 g/mol. The molecule has 0 spiro atoms. The van der Waals surface area contributed by atoms with Crippen molar-refractivity contribution in [2.45, 2.75) is 12.8 Å². The number of nitrogens with zero attached hydrogens (tertiary/aromatic N) is 2. The topological polar surface area (TPSA) is 80.8 Å². The predicted octanol–water partition coefficient (Wildman–Crippen LogP) is 3.78. The summed E-state index contributed by atoms with van der Waals surface area (Å²) in [5, 5.41) is 5.08. The number of aromatic nitrogens is 1. The van der Waals surface area contributed by atoms with Crippen molar-refractivity contribution in [2.75, 3.05) is 26.1 Å². The van der Waals surface area contributed by atoms with Gasteiger partial charge in [0.05, 0.1) is 19.1 Å². The number of carbonyl (C=O) groups excluding carboxylic acids is 2. The van der Waals surface area contributed by atoms with Crippen LogP contribution in [0.25, 0.3) is 6.08 Å². The van der Waals surface area contributed by atoms with E-state index in [0.29, 0.717) is 38.8 Å². The molecule has 0 radical (unpaired) electrons. The Morgan fingerprint density at radius 1 is 1.31 bits per heavy atom. The molecule has 3 rings (SSSR count). The van der Waals surface area contributed by atoms with Crippen LogP contribution in [-0.4, -0.2) is 46.8 Å². The maximum atomic E-state index is 12.7. The highest BCUT2D eigenvalue weighted by molar-refractivity contribution is 8.26. The molecule has 29 heavy (non-hydrogen) atoms. The van der Waals surface area contributed by atoms with Crippen LogP contribution in [0.5, 0.6) is 11.5 Å². The molecule has 1 saturated heterocycles. The monoisotopic (exact) mass is 449 g/mol. The van der Waals surface area contributed by atoms with Crippen LogP contribution in [0.15, 0.2) is 34.7 Å². The van der Waals surface area contributed by atoms with Crippen molar-refractivity contribution in [3.05, 3.63) is 40.2 Å². The molecule has 0 bridgehead atoms. The van der Waals surface area contributed by atoms with Crippen LogP contribution in [-0.2, 0) is 9.59 Å². The van der Waals surface area contributed by atoms with Gasteiger partial charge in [0.2, 0.25) is 5.91 Å². The summed E-state index contributed by atoms with van der Waals surface area (Å²) in [5.74, 6) is 0.914. The third-order valence-corrected chi connectivity index (χ3v) is 6.11. The van der Waals surface area contributed by atoms with Crippen LogP contribution in [0.1, 0.15) is 18.4 Å². The predicted molar refractivity (Wildman–Crippen MR) is 119 cm³/mol. The van der Waals surface area contributed by atoms with Crippen LogP contribution >= 0.6 is 35.3 Å². The second kappa shape index (κ2) is 9.86. The Balaban J connectivity index is 1.59. The van der Waals surface area contributed by atoms with Gasteiger partial charge >= 0.3 is 0 Å². The molecule has 2 amide bonds. The summed E-state index contributed by atoms with van der Waals surface area (Å²) in [6.07, 6.45) is 4.19. The molecule has 152 valence electrons. The first-order valence-corrected chi connectivity index (χ1v) is 10.8. The normalized spacial score (nSPS) is 15.1. The number of nitrogens with one attached hydrogen (secondary N) is 1. The Labute approximate surface area is 182 Å². The summed E-state index contributed by atoms with van der Waals surface area (Å²) in [7, 11) is 3.13. The molecular weight excluding hydrogens is 430 g/mol. The number of rotatable bonds is 8. The summed E-state index contributed by atoms with van der Waals surface area (Å²) in [6.45, 7) is 0.388. The van der Waals surface area contributed by atoms with Crippen molar-refractivity contribution in [1.29, 1.82) is 0 Å². The molecule has 0 atom stereocenters. The molecule has 1 aliphatic rings. The maximum absolute atomic E-state index is 12.7. The van der Waals surface area contributed by atoms with Crippen molar-refractivity contribution < 1.29 is 19.1 Å². The van der Waals surface area contributed by atoms with E-state index >= 15 is 0 Å². The summed E-state index contributed by atoms with van der Waals surface area (Å²) < 4.78 is 11.0. The lowest BCUT2D eigenvalue weighted by atomic mass is 10.2. The van der Waals surface area contributed by atoms with E-state index in [1.165, 1.54) is 28.0 Å². The highest BCUT2D eigenvalue weighted by atomic mass is 32.2. The maximum Gasteiger partial charge on any atom is 0.266 e. The van der Waals surface area contributed by atoms with Crippen LogP contribution < -0.4 is 14.8 Å². The summed E-state index contributed by atoms with van der Waals surface area (Å²) in [5.41, 5.74) is 0.811. The van der Waals surface area contributed by atoms with Gasteiger partial charge in [-0.25, -0.2) is 4.98 Å². The fourth-order valence-corrected chi connectivity index (χ4v) is 4.51. The zero-order chi connectivity index (χ0) is 20.8. The third-order valence-electron chi connectivity index (χ3n) is 4.04. The fourth-order valence-electron chi connectivity index (χ4n) is 2.65. The molecular formula is C19H19N3O4S3. The van der Waals surface area contributed by atoms with Gasteiger partial charge < -0.3 is 14.8 Å². The molecule has 1 fully saturated rings. The molecule has 2 aromatic rings. The summed E-state index contributed by atoms with van der Waals surface area (Å²) >= 11 is 7.96. The van der Waals surface area contributed by atoms with Crippen molar-refractivity contribution >= 4 is 62.7 Å². The van der Waals surface area contributed by atoms with Gasteiger partial charge in [-0.1, -0.05) is 30.0 Å². The third kappa shape index (κ3) is 5.34. The van der Waals surface area contributed by atoms with Gasteiger partial charge in [0, 0.05) is 24.5 Å². The van der Waals surface area contributed by atoms with Gasteiger partial charge in [-0.3, -0.25) is 14.5 Å². The average Bonchev–Trinajstić information content (AvgIpc) is 3.31. The number of ether oxygens (including phenoxy) is 2. The number of thiocarbonyl (C=S) groups is 1. The zero-order valence-electron chi connectivity index (χ0n) is 15.8. The molecule has 1 aromatic carbocycles. The Hall–Kier alpha value is -2.43. The van der Waals surface area contributed by atoms with Crippen molar-refractivity contribution in [2.24, 2.45) is 0 Å². The lowest BCUT2D eigenvalue weighted by Crippen LogP contribution is -2.29. The zero-order valence-corrected chi connectivity index (χ0v) is 18.3. The van der Waals surface area contributed by atoms with Gasteiger partial charge in [-0.15, -0.1) is 11.3 Å². The molecule has 0 saturated carbocycles. The van der Waals surface area contributed by atoms with E-state index in [1.54, 1.807) is 44.0 Å². The molecule has 1 aromatic heterocycles. The van der Waals surface area contributed by atoms with Gasteiger partial charge in [-0.05, 0) is 30.2 Å². The van der Waals surface area contributed by atoms with Crippen molar-refractivity contribution in [3.63, 3.8) is 0 Å². The number of thioether (sulfide) groups is 1. The van der Waals surface area contributed by atoms with E-state index in [9.17, 15) is 9.59 Å². The number of anilines is 1. The van der Waals surface area contributed by atoms with Crippen molar-refractivity contribution in [1.82, 2.24) is 9.88 Å². The van der Waals surface area contributed by atoms with Gasteiger partial charge in [0.15, 0.2) is 16.6 Å². The first-order valence-electron chi connectivity index (χ1n) is 8.68. The van der Waals surface area contributed by atoms with Crippen LogP contribution in [0.2, 0.25) is 0 Å². The van der Waals surface area contributed by atoms with Gasteiger partial charge in [0.1, 0.15) is 4.32 Å². The van der Waals surface area contributed by atoms with Crippen LogP contribution in [0, 0.1) is 0 Å². The number of hydrogen-bond donors (Lipinski definition) is 1. The first kappa shape index (κ1) is 21.3. The SMILES string of the molecule is COc1ccc(/C=C2/SC(=S)N(CCCC(=O)Nc3nccs3)C2=O)cc1OC. The number of thiazole rings is 1. The van der Waals surface area contributed by atoms with Crippen molar-refractivity contribution in [3.8, 4) is 11.5 Å². The highest BCUT2D eigenvalue weighted by Gasteiger charge is 2.31. The second-order valence-corrected chi connectivity index (χ2v) is 8.51. The number of carbonyl (C=O) groups is 2. The minimum Gasteiger partial charge on any atom is -0.493 e. The van der Waals surface area contributed by atoms with E-state index in [0.717, 1.165) is 5.56 Å². The molecule has 1 aliphatic heterocycles. The van der Waals surface area contributed by atoms with Gasteiger partial charge in [-0.2, -0.15) is 0 Å².